The molecule has 1 heterocycles. The van der Waals surface area contributed by atoms with E-state index in [1.807, 2.05) is 36.4 Å². The van der Waals surface area contributed by atoms with Crippen molar-refractivity contribution in [2.45, 2.75) is 31.7 Å². The summed E-state index contributed by atoms with van der Waals surface area (Å²) in [5.41, 5.74) is 7.86. The van der Waals surface area contributed by atoms with Gasteiger partial charge in [0.25, 0.3) is 0 Å². The van der Waals surface area contributed by atoms with Crippen molar-refractivity contribution in [1.29, 1.82) is 0 Å². The molecule has 0 saturated carbocycles. The van der Waals surface area contributed by atoms with Crippen LogP contribution in [0.5, 0.6) is 0 Å². The van der Waals surface area contributed by atoms with Gasteiger partial charge < -0.3 is 9.30 Å². The first-order valence-electron chi connectivity index (χ1n) is 13.0. The van der Waals surface area contributed by atoms with Crippen molar-refractivity contribution < 1.29 is 14.3 Å². The first kappa shape index (κ1) is 23.9. The van der Waals surface area contributed by atoms with Gasteiger partial charge in [-0.25, -0.2) is 4.79 Å². The Balaban J connectivity index is 1.46. The molecule has 4 aromatic carbocycles. The molecule has 1 atom stereocenters. The van der Waals surface area contributed by atoms with E-state index < -0.39 is 5.97 Å². The molecule has 1 aliphatic carbocycles. The minimum atomic E-state index is -0.418. The topological polar surface area (TPSA) is 48.3 Å². The van der Waals surface area contributed by atoms with Gasteiger partial charge >= 0.3 is 5.97 Å². The zero-order valence-corrected chi connectivity index (χ0v) is 21.4. The summed E-state index contributed by atoms with van der Waals surface area (Å²) < 4.78 is 7.34. The Morgan fingerprint density at radius 3 is 2.26 bits per heavy atom. The Hall–Kier alpha value is -4.44. The molecule has 0 aliphatic heterocycles. The maximum absolute atomic E-state index is 13.7. The summed E-state index contributed by atoms with van der Waals surface area (Å²) in [5, 5.41) is 0.714. The van der Waals surface area contributed by atoms with Gasteiger partial charge in [-0.05, 0) is 53.1 Å². The average molecular weight is 500 g/mol. The number of ether oxygens (including phenoxy) is 1. The molecule has 1 unspecified atom stereocenters. The second kappa shape index (κ2) is 10.1. The first-order valence-corrected chi connectivity index (χ1v) is 13.0. The number of esters is 1. The zero-order valence-electron chi connectivity index (χ0n) is 21.4. The number of carbonyl (C=O) groups excluding carboxylic acids is 2. The van der Waals surface area contributed by atoms with Crippen LogP contribution in [0, 0.1) is 0 Å². The van der Waals surface area contributed by atoms with Crippen molar-refractivity contribution in [1.82, 2.24) is 4.57 Å². The number of hydrogen-bond donors (Lipinski definition) is 0. The highest BCUT2D eigenvalue weighted by Gasteiger charge is 2.33. The van der Waals surface area contributed by atoms with Crippen molar-refractivity contribution in [3.63, 3.8) is 0 Å². The van der Waals surface area contributed by atoms with Gasteiger partial charge in [-0.2, -0.15) is 0 Å². The van der Waals surface area contributed by atoms with E-state index in [1.165, 1.54) is 23.8 Å². The molecular formula is C34H29NO3. The number of ketones is 1. The largest absolute Gasteiger partial charge is 0.465 e. The number of benzene rings is 4. The number of Topliss-reactive ketones (excluding diaryl/α,β-unsaturated/α-hetero) is 1. The molecule has 1 aliphatic rings. The molecule has 0 radical (unpaired) electrons. The summed E-state index contributed by atoms with van der Waals surface area (Å²) in [6, 6.07) is 35.0. The lowest BCUT2D eigenvalue weighted by Crippen LogP contribution is -2.21. The maximum atomic E-state index is 13.7. The second-order valence-electron chi connectivity index (χ2n) is 10.0. The maximum Gasteiger partial charge on any atom is 0.338 e. The molecule has 38 heavy (non-hydrogen) atoms. The summed E-state index contributed by atoms with van der Waals surface area (Å²) in [5.74, 6) is -0.235. The number of hydrogen-bond acceptors (Lipinski definition) is 3. The highest BCUT2D eigenvalue weighted by molar-refractivity contribution is 6.16. The fourth-order valence-corrected chi connectivity index (χ4v) is 5.87. The predicted octanol–water partition coefficient (Wildman–Crippen LogP) is 6.98. The Morgan fingerprint density at radius 1 is 0.816 bits per heavy atom. The van der Waals surface area contributed by atoms with Crippen molar-refractivity contribution in [2.75, 3.05) is 7.11 Å². The van der Waals surface area contributed by atoms with Crippen LogP contribution in [0.3, 0.4) is 0 Å². The molecule has 6 rings (SSSR count). The van der Waals surface area contributed by atoms with Crippen LogP contribution in [-0.2, 0) is 24.1 Å². The van der Waals surface area contributed by atoms with Gasteiger partial charge in [-0.15, -0.1) is 0 Å². The Kier molecular flexibility index (Phi) is 6.38. The Labute approximate surface area is 222 Å². The van der Waals surface area contributed by atoms with Gasteiger partial charge in [0.2, 0.25) is 0 Å². The fraction of sp³-hybridized carbons (Fsp3) is 0.176. The first-order chi connectivity index (χ1) is 18.6. The highest BCUT2D eigenvalue weighted by Crippen LogP contribution is 2.40. The fourth-order valence-electron chi connectivity index (χ4n) is 5.87. The number of aromatic nitrogens is 1. The number of rotatable bonds is 6. The molecule has 0 N–H and O–H groups in total. The normalized spacial score (nSPS) is 14.9. The summed E-state index contributed by atoms with van der Waals surface area (Å²) in [7, 11) is 1.39. The lowest BCUT2D eigenvalue weighted by Gasteiger charge is -2.24. The van der Waals surface area contributed by atoms with E-state index in [-0.39, 0.29) is 11.7 Å². The van der Waals surface area contributed by atoms with Crippen LogP contribution >= 0.6 is 0 Å². The van der Waals surface area contributed by atoms with Crippen LogP contribution in [-0.4, -0.2) is 23.4 Å². The van der Waals surface area contributed by atoms with E-state index in [1.54, 1.807) is 6.07 Å². The SMILES string of the molecule is COC(=O)c1cccc2c1c1c(n2Cc2cccc(Cc3ccccc3)c2)CC(c2ccccc2)CC1=O. The molecule has 0 bridgehead atoms. The lowest BCUT2D eigenvalue weighted by molar-refractivity contribution is 0.0603. The Bertz CT molecular complexity index is 1630. The lowest BCUT2D eigenvalue weighted by atomic mass is 9.81. The van der Waals surface area contributed by atoms with Crippen molar-refractivity contribution in [2.24, 2.45) is 0 Å². The van der Waals surface area contributed by atoms with Gasteiger partial charge in [0, 0.05) is 29.6 Å². The summed E-state index contributed by atoms with van der Waals surface area (Å²) in [6.07, 6.45) is 2.03. The van der Waals surface area contributed by atoms with Gasteiger partial charge in [0.1, 0.15) is 0 Å². The predicted molar refractivity (Wildman–Crippen MR) is 150 cm³/mol. The van der Waals surface area contributed by atoms with E-state index in [9.17, 15) is 9.59 Å². The standard InChI is InChI=1S/C34H29NO3/c1-38-34(37)28-16-9-17-29-32(28)33-30(20-27(21-31(33)36)26-14-6-3-7-15-26)35(29)22-25-13-8-12-24(19-25)18-23-10-4-2-5-11-23/h2-17,19,27H,18,20-22H2,1H3. The van der Waals surface area contributed by atoms with Gasteiger partial charge in [-0.3, -0.25) is 4.79 Å². The molecular weight excluding hydrogens is 470 g/mol. The van der Waals surface area contributed by atoms with E-state index in [0.717, 1.165) is 29.6 Å². The Morgan fingerprint density at radius 2 is 1.50 bits per heavy atom. The van der Waals surface area contributed by atoms with Crippen LogP contribution in [0.1, 0.15) is 61.0 Å². The van der Waals surface area contributed by atoms with E-state index in [2.05, 4.69) is 65.2 Å². The third kappa shape index (κ3) is 4.43. The molecule has 0 saturated heterocycles. The quantitative estimate of drug-likeness (QED) is 0.237. The molecule has 188 valence electrons. The van der Waals surface area contributed by atoms with Gasteiger partial charge in [0.05, 0.1) is 18.2 Å². The third-order valence-corrected chi connectivity index (χ3v) is 7.61. The molecule has 0 spiro atoms. The number of nitrogens with zero attached hydrogens (tertiary/aromatic N) is 1. The number of fused-ring (bicyclic) bond motifs is 3. The van der Waals surface area contributed by atoms with Crippen LogP contribution in [0.2, 0.25) is 0 Å². The van der Waals surface area contributed by atoms with Gasteiger partial charge in [-0.1, -0.05) is 91.0 Å². The second-order valence-corrected chi connectivity index (χ2v) is 10.0. The van der Waals surface area contributed by atoms with Crippen molar-refractivity contribution in [3.8, 4) is 0 Å². The van der Waals surface area contributed by atoms with Crippen molar-refractivity contribution >= 4 is 22.7 Å². The molecule has 1 aromatic heterocycles. The van der Waals surface area contributed by atoms with E-state index >= 15 is 0 Å². The molecule has 4 heteroatoms. The monoisotopic (exact) mass is 499 g/mol. The van der Waals surface area contributed by atoms with Gasteiger partial charge in [0.15, 0.2) is 5.78 Å². The van der Waals surface area contributed by atoms with Crippen LogP contribution in [0.4, 0.5) is 0 Å². The zero-order chi connectivity index (χ0) is 26.1. The van der Waals surface area contributed by atoms with Crippen LogP contribution in [0.15, 0.2) is 103 Å². The van der Waals surface area contributed by atoms with Crippen molar-refractivity contribution in [3.05, 3.63) is 142 Å². The minimum absolute atomic E-state index is 0.0815. The smallest absolute Gasteiger partial charge is 0.338 e. The van der Waals surface area contributed by atoms with Crippen LogP contribution < -0.4 is 0 Å². The molecule has 5 aromatic rings. The third-order valence-electron chi connectivity index (χ3n) is 7.61. The molecule has 0 fully saturated rings. The van der Waals surface area contributed by atoms with E-state index in [4.69, 9.17) is 4.74 Å². The average Bonchev–Trinajstić information content (AvgIpc) is 3.27. The van der Waals surface area contributed by atoms with E-state index in [0.29, 0.717) is 29.5 Å². The summed E-state index contributed by atoms with van der Waals surface area (Å²) in [6.45, 7) is 0.619. The molecule has 4 nitrogen and oxygen atoms in total. The minimum Gasteiger partial charge on any atom is -0.465 e. The number of methoxy groups -OCH3 is 1. The highest BCUT2D eigenvalue weighted by atomic mass is 16.5. The summed E-state index contributed by atoms with van der Waals surface area (Å²) in [4.78, 5) is 26.5. The van der Waals surface area contributed by atoms with Crippen LogP contribution in [0.25, 0.3) is 10.9 Å². The molecule has 0 amide bonds. The number of carbonyl (C=O) groups is 2. The summed E-state index contributed by atoms with van der Waals surface area (Å²) >= 11 is 0.